The molecule has 0 heterocycles. The molecular weight excluding hydrogens is 272 g/mol. The summed E-state index contributed by atoms with van der Waals surface area (Å²) in [5, 5.41) is 14.2. The lowest BCUT2D eigenvalue weighted by molar-refractivity contribution is -0.137. The first-order chi connectivity index (χ1) is 9.91. The zero-order valence-electron chi connectivity index (χ0n) is 13.5. The summed E-state index contributed by atoms with van der Waals surface area (Å²) in [7, 11) is 0. The zero-order chi connectivity index (χ0) is 16.1. The lowest BCUT2D eigenvalue weighted by Gasteiger charge is -2.11. The lowest BCUT2D eigenvalue weighted by Crippen LogP contribution is -2.37. The molecule has 0 bridgehead atoms. The van der Waals surface area contributed by atoms with E-state index in [2.05, 4.69) is 10.6 Å². The Kier molecular flexibility index (Phi) is 11.7. The highest BCUT2D eigenvalue weighted by Gasteiger charge is 2.06. The number of nitrogens with one attached hydrogen (secondary N) is 2. The first kappa shape index (κ1) is 19.7. The number of carboxylic acids is 1. The van der Waals surface area contributed by atoms with Crippen molar-refractivity contribution in [1.82, 2.24) is 10.6 Å². The van der Waals surface area contributed by atoms with Crippen LogP contribution in [0.3, 0.4) is 0 Å². The fourth-order valence-corrected chi connectivity index (χ4v) is 1.76. The molecule has 0 rings (SSSR count). The molecule has 124 valence electrons. The van der Waals surface area contributed by atoms with E-state index in [1.54, 1.807) is 0 Å². The van der Waals surface area contributed by atoms with Crippen LogP contribution < -0.4 is 10.6 Å². The van der Waals surface area contributed by atoms with Crippen LogP contribution in [-0.4, -0.2) is 42.9 Å². The second kappa shape index (κ2) is 12.4. The number of hydrogen-bond donors (Lipinski definition) is 3. The molecule has 0 aromatic carbocycles. The lowest BCUT2D eigenvalue weighted by atomic mass is 10.0. The van der Waals surface area contributed by atoms with Crippen LogP contribution in [0, 0.1) is 5.92 Å². The molecule has 0 radical (unpaired) electrons. The molecule has 6 heteroatoms. The van der Waals surface area contributed by atoms with Gasteiger partial charge >= 0.3 is 12.0 Å². The van der Waals surface area contributed by atoms with Crippen molar-refractivity contribution in [1.29, 1.82) is 0 Å². The van der Waals surface area contributed by atoms with Gasteiger partial charge in [-0.15, -0.1) is 0 Å². The summed E-state index contributed by atoms with van der Waals surface area (Å²) in [6.07, 6.45) is 3.72. The molecule has 0 saturated carbocycles. The largest absolute Gasteiger partial charge is 0.481 e. The monoisotopic (exact) mass is 302 g/mol. The van der Waals surface area contributed by atoms with Crippen molar-refractivity contribution < 1.29 is 19.4 Å². The molecule has 6 nitrogen and oxygen atoms in total. The molecule has 0 aromatic rings. The topological polar surface area (TPSA) is 87.7 Å². The van der Waals surface area contributed by atoms with E-state index in [0.717, 1.165) is 25.9 Å². The van der Waals surface area contributed by atoms with E-state index in [9.17, 15) is 9.59 Å². The minimum atomic E-state index is -0.769. The fourth-order valence-electron chi connectivity index (χ4n) is 1.76. The smallest absolute Gasteiger partial charge is 0.314 e. The fraction of sp³-hybridized carbons (Fsp3) is 0.867. The van der Waals surface area contributed by atoms with E-state index in [4.69, 9.17) is 9.84 Å². The standard InChI is InChI=1S/C15H30N2O4/c1-12(2)21-11-5-4-9-16-15(20)17-10-8-13(3)6-7-14(18)19/h12-13H,4-11H2,1-3H3,(H,18,19)(H2,16,17,20). The average Bonchev–Trinajstić information content (AvgIpc) is 2.40. The molecule has 0 saturated heterocycles. The molecule has 1 atom stereocenters. The predicted molar refractivity (Wildman–Crippen MR) is 82.4 cm³/mol. The average molecular weight is 302 g/mol. The van der Waals surface area contributed by atoms with Gasteiger partial charge in [-0.2, -0.15) is 0 Å². The van der Waals surface area contributed by atoms with Gasteiger partial charge in [0.05, 0.1) is 6.10 Å². The first-order valence-electron chi connectivity index (χ1n) is 7.77. The Morgan fingerprint density at radius 1 is 1.05 bits per heavy atom. The molecule has 0 spiro atoms. The van der Waals surface area contributed by atoms with E-state index >= 15 is 0 Å². The SMILES string of the molecule is CC(CCNC(=O)NCCCCOC(C)C)CCC(=O)O. The second-order valence-corrected chi connectivity index (χ2v) is 5.64. The van der Waals surface area contributed by atoms with E-state index < -0.39 is 5.97 Å². The highest BCUT2D eigenvalue weighted by molar-refractivity contribution is 5.73. The van der Waals surface area contributed by atoms with Gasteiger partial charge in [0, 0.05) is 26.1 Å². The van der Waals surface area contributed by atoms with Crippen molar-refractivity contribution in [3.63, 3.8) is 0 Å². The number of unbranched alkanes of at least 4 members (excludes halogenated alkanes) is 1. The Morgan fingerprint density at radius 2 is 1.71 bits per heavy atom. The van der Waals surface area contributed by atoms with Crippen LogP contribution in [0.2, 0.25) is 0 Å². The molecule has 1 unspecified atom stereocenters. The molecule has 0 aliphatic rings. The summed E-state index contributed by atoms with van der Waals surface area (Å²) in [6.45, 7) is 7.94. The Bertz CT molecular complexity index is 295. The van der Waals surface area contributed by atoms with Gasteiger partial charge in [0.2, 0.25) is 0 Å². The molecule has 2 amide bonds. The summed E-state index contributed by atoms with van der Waals surface area (Å²) in [4.78, 5) is 21.9. The van der Waals surface area contributed by atoms with Crippen LogP contribution in [0.4, 0.5) is 4.79 Å². The molecule has 0 aliphatic carbocycles. The number of carbonyl (C=O) groups excluding carboxylic acids is 1. The summed E-state index contributed by atoms with van der Waals surface area (Å²) in [5.41, 5.74) is 0. The number of urea groups is 1. The number of aliphatic carboxylic acids is 1. The van der Waals surface area contributed by atoms with Crippen molar-refractivity contribution in [3.05, 3.63) is 0 Å². The maximum Gasteiger partial charge on any atom is 0.314 e. The molecule has 21 heavy (non-hydrogen) atoms. The van der Waals surface area contributed by atoms with Crippen molar-refractivity contribution in [2.75, 3.05) is 19.7 Å². The summed E-state index contributed by atoms with van der Waals surface area (Å²) < 4.78 is 5.41. The summed E-state index contributed by atoms with van der Waals surface area (Å²) >= 11 is 0. The van der Waals surface area contributed by atoms with Crippen LogP contribution in [0.5, 0.6) is 0 Å². The van der Waals surface area contributed by atoms with Crippen LogP contribution in [0.25, 0.3) is 0 Å². The number of ether oxygens (including phenoxy) is 1. The third-order valence-electron chi connectivity index (χ3n) is 3.08. The van der Waals surface area contributed by atoms with Gasteiger partial charge in [-0.3, -0.25) is 4.79 Å². The minimum Gasteiger partial charge on any atom is -0.481 e. The molecule has 3 N–H and O–H groups in total. The molecule has 0 aromatic heterocycles. The molecule has 0 fully saturated rings. The van der Waals surface area contributed by atoms with E-state index in [0.29, 0.717) is 25.4 Å². The van der Waals surface area contributed by atoms with Gasteiger partial charge in [0.1, 0.15) is 0 Å². The normalized spacial score (nSPS) is 12.2. The quantitative estimate of drug-likeness (QED) is 0.483. The Balaban J connectivity index is 3.40. The van der Waals surface area contributed by atoms with Crippen molar-refractivity contribution in [2.24, 2.45) is 5.92 Å². The Labute approximate surface area is 127 Å². The molecule has 0 aliphatic heterocycles. The number of hydrogen-bond acceptors (Lipinski definition) is 3. The van der Waals surface area contributed by atoms with Crippen molar-refractivity contribution in [3.8, 4) is 0 Å². The van der Waals surface area contributed by atoms with E-state index in [1.165, 1.54) is 0 Å². The number of carbonyl (C=O) groups is 2. The number of carboxylic acid groups (broad SMARTS) is 1. The predicted octanol–water partition coefficient (Wildman–Crippen LogP) is 2.38. The zero-order valence-corrected chi connectivity index (χ0v) is 13.5. The first-order valence-corrected chi connectivity index (χ1v) is 7.77. The highest BCUT2D eigenvalue weighted by atomic mass is 16.5. The van der Waals surface area contributed by atoms with Gasteiger partial charge in [-0.1, -0.05) is 6.92 Å². The van der Waals surface area contributed by atoms with Gasteiger partial charge in [-0.25, -0.2) is 4.79 Å². The summed E-state index contributed by atoms with van der Waals surface area (Å²) in [5.74, 6) is -0.469. The van der Waals surface area contributed by atoms with Crippen LogP contribution in [-0.2, 0) is 9.53 Å². The number of amides is 2. The third-order valence-corrected chi connectivity index (χ3v) is 3.08. The Hall–Kier alpha value is -1.30. The Morgan fingerprint density at radius 3 is 2.33 bits per heavy atom. The van der Waals surface area contributed by atoms with Crippen LogP contribution in [0.1, 0.15) is 52.9 Å². The maximum atomic E-state index is 11.5. The van der Waals surface area contributed by atoms with Crippen LogP contribution in [0.15, 0.2) is 0 Å². The molecular formula is C15H30N2O4. The highest BCUT2D eigenvalue weighted by Crippen LogP contribution is 2.08. The minimum absolute atomic E-state index is 0.162. The van der Waals surface area contributed by atoms with Gasteiger partial charge in [-0.05, 0) is 45.4 Å². The third kappa shape index (κ3) is 14.9. The van der Waals surface area contributed by atoms with Crippen molar-refractivity contribution >= 4 is 12.0 Å². The van der Waals surface area contributed by atoms with Gasteiger partial charge < -0.3 is 20.5 Å². The van der Waals surface area contributed by atoms with Crippen LogP contribution >= 0.6 is 0 Å². The summed E-state index contributed by atoms with van der Waals surface area (Å²) in [6, 6.07) is -0.162. The second-order valence-electron chi connectivity index (χ2n) is 5.64. The number of rotatable bonds is 12. The van der Waals surface area contributed by atoms with E-state index in [-0.39, 0.29) is 18.6 Å². The maximum absolute atomic E-state index is 11.5. The van der Waals surface area contributed by atoms with E-state index in [1.807, 2.05) is 20.8 Å². The van der Waals surface area contributed by atoms with Crippen molar-refractivity contribution in [2.45, 2.75) is 59.0 Å². The van der Waals surface area contributed by atoms with Gasteiger partial charge in [0.15, 0.2) is 0 Å². The van der Waals surface area contributed by atoms with Gasteiger partial charge in [0.25, 0.3) is 0 Å².